The molecule has 0 atom stereocenters. The van der Waals surface area contributed by atoms with Gasteiger partial charge in [0.1, 0.15) is 5.56 Å². The number of hydrogen-bond acceptors (Lipinski definition) is 3. The molecular weight excluding hydrogens is 397 g/mol. The molecule has 9 heteroatoms. The summed E-state index contributed by atoms with van der Waals surface area (Å²) in [4.78, 5) is 25.5. The van der Waals surface area contributed by atoms with Crippen molar-refractivity contribution in [3.63, 3.8) is 0 Å². The Morgan fingerprint density at radius 2 is 1.90 bits per heavy atom. The Bertz CT molecular complexity index is 1130. The van der Waals surface area contributed by atoms with Crippen molar-refractivity contribution in [1.29, 1.82) is 0 Å². The fraction of sp³-hybridized carbons (Fsp3) is 0.286. The number of rotatable bonds is 5. The van der Waals surface area contributed by atoms with Crippen molar-refractivity contribution in [2.45, 2.75) is 33.4 Å². The number of pyridine rings is 1. The molecule has 0 aliphatic rings. The zero-order valence-corrected chi connectivity index (χ0v) is 16.7. The van der Waals surface area contributed by atoms with Gasteiger partial charge >= 0.3 is 6.18 Å². The van der Waals surface area contributed by atoms with E-state index in [4.69, 9.17) is 0 Å². The number of aromatic nitrogens is 3. The van der Waals surface area contributed by atoms with E-state index in [0.29, 0.717) is 12.1 Å². The molecule has 0 aliphatic heterocycles. The summed E-state index contributed by atoms with van der Waals surface area (Å²) in [6.07, 6.45) is -4.00. The number of carbonyl (C=O) groups excluding carboxylic acids is 1. The number of nitrogens with zero attached hydrogens (tertiary/aromatic N) is 2. The maximum absolute atomic E-state index is 13.0. The quantitative estimate of drug-likeness (QED) is 0.666. The Morgan fingerprint density at radius 1 is 1.17 bits per heavy atom. The maximum atomic E-state index is 13.0. The molecule has 0 bridgehead atoms. The zero-order chi connectivity index (χ0) is 22.1. The van der Waals surface area contributed by atoms with Gasteiger partial charge in [-0.25, -0.2) is 0 Å². The molecule has 0 spiro atoms. The van der Waals surface area contributed by atoms with Crippen LogP contribution in [-0.4, -0.2) is 27.2 Å². The summed E-state index contributed by atoms with van der Waals surface area (Å²) in [5.41, 5.74) is 1.51. The SMILES string of the molecule is Cc1n[nH]c(C)c1CCNC(=O)c1ccc(C)n(-c2cccc(C(F)(F)F)c2)c1=O. The highest BCUT2D eigenvalue weighted by atomic mass is 19.4. The molecule has 0 saturated heterocycles. The van der Waals surface area contributed by atoms with Crippen LogP contribution in [0.3, 0.4) is 0 Å². The molecular formula is C21H21F3N4O2. The van der Waals surface area contributed by atoms with Gasteiger partial charge in [-0.1, -0.05) is 6.07 Å². The van der Waals surface area contributed by atoms with Gasteiger partial charge in [0.2, 0.25) is 0 Å². The molecule has 2 N–H and O–H groups in total. The third kappa shape index (κ3) is 4.29. The van der Waals surface area contributed by atoms with Crippen LogP contribution in [0, 0.1) is 20.8 Å². The Labute approximate surface area is 170 Å². The molecule has 2 heterocycles. The van der Waals surface area contributed by atoms with E-state index in [9.17, 15) is 22.8 Å². The first-order valence-electron chi connectivity index (χ1n) is 9.28. The molecule has 3 rings (SSSR count). The third-order valence-electron chi connectivity index (χ3n) is 4.89. The fourth-order valence-corrected chi connectivity index (χ4v) is 3.28. The number of aromatic amines is 1. The van der Waals surface area contributed by atoms with E-state index >= 15 is 0 Å². The van der Waals surface area contributed by atoms with Crippen LogP contribution in [0.15, 0.2) is 41.2 Å². The minimum atomic E-state index is -4.54. The van der Waals surface area contributed by atoms with E-state index in [-0.39, 0.29) is 17.8 Å². The number of carbonyl (C=O) groups is 1. The fourth-order valence-electron chi connectivity index (χ4n) is 3.28. The molecule has 6 nitrogen and oxygen atoms in total. The lowest BCUT2D eigenvalue weighted by molar-refractivity contribution is -0.137. The van der Waals surface area contributed by atoms with Crippen LogP contribution in [0.2, 0.25) is 0 Å². The Morgan fingerprint density at radius 3 is 2.53 bits per heavy atom. The molecule has 0 fully saturated rings. The average molecular weight is 418 g/mol. The number of aryl methyl sites for hydroxylation is 3. The van der Waals surface area contributed by atoms with Gasteiger partial charge in [-0.15, -0.1) is 0 Å². The van der Waals surface area contributed by atoms with Gasteiger partial charge in [-0.3, -0.25) is 19.3 Å². The van der Waals surface area contributed by atoms with Crippen molar-refractivity contribution in [3.8, 4) is 5.69 Å². The summed E-state index contributed by atoms with van der Waals surface area (Å²) in [6.45, 7) is 5.62. The minimum Gasteiger partial charge on any atom is -0.352 e. The van der Waals surface area contributed by atoms with Crippen LogP contribution in [0.1, 0.15) is 38.6 Å². The van der Waals surface area contributed by atoms with Crippen molar-refractivity contribution in [3.05, 3.63) is 80.5 Å². The van der Waals surface area contributed by atoms with Crippen molar-refractivity contribution in [2.24, 2.45) is 0 Å². The van der Waals surface area contributed by atoms with Gasteiger partial charge in [-0.05, 0) is 63.1 Å². The molecule has 158 valence electrons. The summed E-state index contributed by atoms with van der Waals surface area (Å²) in [6, 6.07) is 7.36. The van der Waals surface area contributed by atoms with Crippen LogP contribution in [0.4, 0.5) is 13.2 Å². The minimum absolute atomic E-state index is 0.0478. The summed E-state index contributed by atoms with van der Waals surface area (Å²) >= 11 is 0. The standard InChI is InChI=1S/C21H21F3N4O2/c1-12-7-8-18(19(29)25-10-9-17-13(2)26-27-14(17)3)20(30)28(12)16-6-4-5-15(11-16)21(22,23)24/h4-8,11H,9-10H2,1-3H3,(H,25,29)(H,26,27). The first kappa shape index (κ1) is 21.4. The summed E-state index contributed by atoms with van der Waals surface area (Å²) in [5, 5.41) is 9.65. The van der Waals surface area contributed by atoms with E-state index < -0.39 is 23.2 Å². The number of H-pyrrole nitrogens is 1. The highest BCUT2D eigenvalue weighted by Gasteiger charge is 2.30. The van der Waals surface area contributed by atoms with Crippen LogP contribution in [0.25, 0.3) is 5.69 Å². The summed E-state index contributed by atoms with van der Waals surface area (Å²) in [7, 11) is 0. The van der Waals surface area contributed by atoms with Gasteiger partial charge in [0.15, 0.2) is 0 Å². The van der Waals surface area contributed by atoms with Crippen molar-refractivity contribution < 1.29 is 18.0 Å². The lowest BCUT2D eigenvalue weighted by atomic mass is 10.1. The van der Waals surface area contributed by atoms with Crippen LogP contribution >= 0.6 is 0 Å². The number of amides is 1. The number of benzene rings is 1. The van der Waals surface area contributed by atoms with Gasteiger partial charge in [0.25, 0.3) is 11.5 Å². The highest BCUT2D eigenvalue weighted by molar-refractivity contribution is 5.93. The molecule has 1 aromatic carbocycles. The number of nitrogens with one attached hydrogen (secondary N) is 2. The van der Waals surface area contributed by atoms with E-state index in [1.165, 1.54) is 24.3 Å². The van der Waals surface area contributed by atoms with Crippen molar-refractivity contribution in [2.75, 3.05) is 6.54 Å². The summed E-state index contributed by atoms with van der Waals surface area (Å²) in [5.74, 6) is -0.584. The van der Waals surface area contributed by atoms with E-state index in [0.717, 1.165) is 33.7 Å². The second-order valence-electron chi connectivity index (χ2n) is 7.00. The Kier molecular flexibility index (Phi) is 5.82. The lowest BCUT2D eigenvalue weighted by Gasteiger charge is -2.14. The zero-order valence-electron chi connectivity index (χ0n) is 16.7. The predicted octanol–water partition coefficient (Wildman–Crippen LogP) is 3.48. The van der Waals surface area contributed by atoms with Crippen LogP contribution < -0.4 is 10.9 Å². The predicted molar refractivity (Wildman–Crippen MR) is 106 cm³/mol. The maximum Gasteiger partial charge on any atom is 0.416 e. The van der Waals surface area contributed by atoms with E-state index in [2.05, 4.69) is 15.5 Å². The number of alkyl halides is 3. The van der Waals surface area contributed by atoms with Crippen molar-refractivity contribution >= 4 is 5.91 Å². The van der Waals surface area contributed by atoms with Crippen LogP contribution in [0.5, 0.6) is 0 Å². The first-order valence-corrected chi connectivity index (χ1v) is 9.28. The van der Waals surface area contributed by atoms with Gasteiger partial charge in [0, 0.05) is 23.6 Å². The molecule has 2 aromatic heterocycles. The second-order valence-corrected chi connectivity index (χ2v) is 7.00. The van der Waals surface area contributed by atoms with E-state index in [1.807, 2.05) is 13.8 Å². The third-order valence-corrected chi connectivity index (χ3v) is 4.89. The molecule has 3 aromatic rings. The lowest BCUT2D eigenvalue weighted by Crippen LogP contribution is -2.34. The number of halogens is 3. The molecule has 0 saturated carbocycles. The Balaban J connectivity index is 1.86. The Hall–Kier alpha value is -3.36. The highest BCUT2D eigenvalue weighted by Crippen LogP contribution is 2.30. The average Bonchev–Trinajstić information content (AvgIpc) is 2.99. The molecule has 0 radical (unpaired) electrons. The molecule has 0 unspecified atom stereocenters. The normalized spacial score (nSPS) is 11.5. The van der Waals surface area contributed by atoms with Gasteiger partial charge in [0.05, 0.1) is 11.3 Å². The molecule has 0 aliphatic carbocycles. The van der Waals surface area contributed by atoms with Gasteiger partial charge in [-0.2, -0.15) is 18.3 Å². The van der Waals surface area contributed by atoms with Gasteiger partial charge < -0.3 is 5.32 Å². The second kappa shape index (κ2) is 8.17. The van der Waals surface area contributed by atoms with Crippen molar-refractivity contribution in [1.82, 2.24) is 20.1 Å². The van der Waals surface area contributed by atoms with E-state index in [1.54, 1.807) is 6.92 Å². The monoisotopic (exact) mass is 418 g/mol. The molecule has 1 amide bonds. The summed E-state index contributed by atoms with van der Waals surface area (Å²) < 4.78 is 40.2. The van der Waals surface area contributed by atoms with Crippen LogP contribution in [-0.2, 0) is 12.6 Å². The largest absolute Gasteiger partial charge is 0.416 e. The first-order chi connectivity index (χ1) is 14.1. The molecule has 30 heavy (non-hydrogen) atoms. The smallest absolute Gasteiger partial charge is 0.352 e. The number of hydrogen-bond donors (Lipinski definition) is 2. The topological polar surface area (TPSA) is 79.8 Å².